The SMILES string of the molecule is O=C(NCCc1ccc(F)cc1)c1cc2c(s1)-c1ccccc1OC2. The summed E-state index contributed by atoms with van der Waals surface area (Å²) in [5, 5.41) is 2.93. The molecule has 1 N–H and O–H groups in total. The minimum atomic E-state index is -0.251. The van der Waals surface area contributed by atoms with Crippen molar-refractivity contribution in [1.29, 1.82) is 0 Å². The van der Waals surface area contributed by atoms with Gasteiger partial charge in [-0.3, -0.25) is 4.79 Å². The van der Waals surface area contributed by atoms with Crippen molar-refractivity contribution in [1.82, 2.24) is 5.32 Å². The molecule has 1 aromatic heterocycles. The van der Waals surface area contributed by atoms with Crippen LogP contribution in [0.2, 0.25) is 0 Å². The summed E-state index contributed by atoms with van der Waals surface area (Å²) < 4.78 is 18.6. The number of carbonyl (C=O) groups excluding carboxylic acids is 1. The fourth-order valence-corrected chi connectivity index (χ4v) is 3.98. The van der Waals surface area contributed by atoms with E-state index < -0.39 is 0 Å². The lowest BCUT2D eigenvalue weighted by Gasteiger charge is -2.16. The molecule has 0 spiro atoms. The van der Waals surface area contributed by atoms with Crippen LogP contribution in [0.4, 0.5) is 4.39 Å². The Labute approximate surface area is 149 Å². The van der Waals surface area contributed by atoms with Crippen LogP contribution in [0, 0.1) is 5.82 Å². The Morgan fingerprint density at radius 2 is 1.96 bits per heavy atom. The van der Waals surface area contributed by atoms with Gasteiger partial charge in [0, 0.05) is 22.5 Å². The number of hydrogen-bond acceptors (Lipinski definition) is 3. The molecule has 1 aliphatic heterocycles. The number of halogens is 1. The first-order chi connectivity index (χ1) is 12.2. The van der Waals surface area contributed by atoms with E-state index in [1.165, 1.54) is 23.5 Å². The number of rotatable bonds is 4. The first kappa shape index (κ1) is 15.8. The van der Waals surface area contributed by atoms with Gasteiger partial charge in [0.1, 0.15) is 18.2 Å². The largest absolute Gasteiger partial charge is 0.488 e. The lowest BCUT2D eigenvalue weighted by atomic mass is 10.1. The van der Waals surface area contributed by atoms with Crippen molar-refractivity contribution in [3.8, 4) is 16.2 Å². The minimum absolute atomic E-state index is 0.0843. The van der Waals surface area contributed by atoms with E-state index in [-0.39, 0.29) is 11.7 Å². The van der Waals surface area contributed by atoms with E-state index in [1.807, 2.05) is 30.3 Å². The average Bonchev–Trinajstić information content (AvgIpc) is 3.08. The average molecular weight is 353 g/mol. The molecular formula is C20H16FNO2S. The van der Waals surface area contributed by atoms with Crippen LogP contribution in [-0.2, 0) is 13.0 Å². The molecular weight excluding hydrogens is 337 g/mol. The molecule has 3 nitrogen and oxygen atoms in total. The van der Waals surface area contributed by atoms with Crippen LogP contribution in [0.3, 0.4) is 0 Å². The Hall–Kier alpha value is -2.66. The van der Waals surface area contributed by atoms with Crippen LogP contribution in [0.25, 0.3) is 10.4 Å². The highest BCUT2D eigenvalue weighted by molar-refractivity contribution is 7.17. The Balaban J connectivity index is 1.44. The van der Waals surface area contributed by atoms with Crippen molar-refractivity contribution in [2.75, 3.05) is 6.54 Å². The molecule has 2 heterocycles. The second kappa shape index (κ2) is 6.69. The number of thiophene rings is 1. The first-order valence-electron chi connectivity index (χ1n) is 8.08. The van der Waals surface area contributed by atoms with E-state index in [4.69, 9.17) is 4.74 Å². The van der Waals surface area contributed by atoms with Crippen molar-refractivity contribution >= 4 is 17.2 Å². The molecule has 0 fully saturated rings. The predicted molar refractivity (Wildman–Crippen MR) is 96.5 cm³/mol. The number of ether oxygens (including phenoxy) is 1. The molecule has 3 aromatic rings. The number of para-hydroxylation sites is 1. The maximum absolute atomic E-state index is 12.9. The van der Waals surface area contributed by atoms with Gasteiger partial charge in [-0.2, -0.15) is 0 Å². The molecule has 0 unspecified atom stereocenters. The number of amides is 1. The fraction of sp³-hybridized carbons (Fsp3) is 0.150. The highest BCUT2D eigenvalue weighted by Gasteiger charge is 2.22. The summed E-state index contributed by atoms with van der Waals surface area (Å²) >= 11 is 1.49. The van der Waals surface area contributed by atoms with Gasteiger partial charge in [0.2, 0.25) is 0 Å². The molecule has 0 saturated carbocycles. The van der Waals surface area contributed by atoms with Gasteiger partial charge in [-0.05, 0) is 42.3 Å². The molecule has 5 heteroatoms. The van der Waals surface area contributed by atoms with Crippen LogP contribution < -0.4 is 10.1 Å². The molecule has 25 heavy (non-hydrogen) atoms. The van der Waals surface area contributed by atoms with E-state index in [2.05, 4.69) is 5.32 Å². The summed E-state index contributed by atoms with van der Waals surface area (Å²) in [6.07, 6.45) is 0.670. The van der Waals surface area contributed by atoms with Gasteiger partial charge in [-0.25, -0.2) is 4.39 Å². The van der Waals surface area contributed by atoms with Crippen LogP contribution in [0.5, 0.6) is 5.75 Å². The molecule has 126 valence electrons. The highest BCUT2D eigenvalue weighted by atomic mass is 32.1. The summed E-state index contributed by atoms with van der Waals surface area (Å²) in [5.74, 6) is 0.526. The third kappa shape index (κ3) is 3.28. The molecule has 1 amide bonds. The van der Waals surface area contributed by atoms with Gasteiger partial charge in [0.15, 0.2) is 0 Å². The lowest BCUT2D eigenvalue weighted by Crippen LogP contribution is -2.24. The normalized spacial score (nSPS) is 12.0. The second-order valence-corrected chi connectivity index (χ2v) is 6.93. The number of hydrogen-bond donors (Lipinski definition) is 1. The topological polar surface area (TPSA) is 38.3 Å². The molecule has 0 aliphatic carbocycles. The Morgan fingerprint density at radius 1 is 1.16 bits per heavy atom. The Kier molecular flexibility index (Phi) is 4.24. The summed E-state index contributed by atoms with van der Waals surface area (Å²) in [6, 6.07) is 16.1. The van der Waals surface area contributed by atoms with Gasteiger partial charge in [0.05, 0.1) is 4.88 Å². The zero-order valence-corrected chi connectivity index (χ0v) is 14.2. The van der Waals surface area contributed by atoms with Gasteiger partial charge in [0.25, 0.3) is 5.91 Å². The Morgan fingerprint density at radius 3 is 2.80 bits per heavy atom. The van der Waals surface area contributed by atoms with E-state index in [1.54, 1.807) is 12.1 Å². The number of carbonyl (C=O) groups is 1. The fourth-order valence-electron chi connectivity index (χ4n) is 2.87. The summed E-state index contributed by atoms with van der Waals surface area (Å²) in [6.45, 7) is 1.01. The Bertz CT molecular complexity index is 918. The van der Waals surface area contributed by atoms with Crippen molar-refractivity contribution in [3.63, 3.8) is 0 Å². The summed E-state index contributed by atoms with van der Waals surface area (Å²) in [4.78, 5) is 14.2. The smallest absolute Gasteiger partial charge is 0.261 e. The molecule has 4 rings (SSSR count). The second-order valence-electron chi connectivity index (χ2n) is 5.88. The highest BCUT2D eigenvalue weighted by Crippen LogP contribution is 2.42. The van der Waals surface area contributed by atoms with Crippen LogP contribution >= 0.6 is 11.3 Å². The van der Waals surface area contributed by atoms with Crippen molar-refractivity contribution in [3.05, 3.63) is 76.4 Å². The third-order valence-corrected chi connectivity index (χ3v) is 5.37. The molecule has 0 saturated heterocycles. The van der Waals surface area contributed by atoms with Crippen LogP contribution in [-0.4, -0.2) is 12.5 Å². The summed E-state index contributed by atoms with van der Waals surface area (Å²) in [7, 11) is 0. The quantitative estimate of drug-likeness (QED) is 0.754. The number of benzene rings is 2. The summed E-state index contributed by atoms with van der Waals surface area (Å²) in [5.41, 5.74) is 3.08. The maximum atomic E-state index is 12.9. The van der Waals surface area contributed by atoms with E-state index in [0.717, 1.165) is 27.3 Å². The monoisotopic (exact) mass is 353 g/mol. The van der Waals surface area contributed by atoms with Crippen LogP contribution in [0.1, 0.15) is 20.8 Å². The van der Waals surface area contributed by atoms with E-state index in [9.17, 15) is 9.18 Å². The van der Waals surface area contributed by atoms with Gasteiger partial charge in [-0.1, -0.05) is 24.3 Å². The standard InChI is InChI=1S/C20H16FNO2S/c21-15-7-5-13(6-8-15)9-10-22-20(23)18-11-14-12-24-17-4-2-1-3-16(17)19(14)25-18/h1-8,11H,9-10,12H2,(H,22,23). The maximum Gasteiger partial charge on any atom is 0.261 e. The van der Waals surface area contributed by atoms with E-state index in [0.29, 0.717) is 24.4 Å². The lowest BCUT2D eigenvalue weighted by molar-refractivity contribution is 0.0958. The molecule has 0 atom stereocenters. The number of fused-ring (bicyclic) bond motifs is 3. The first-order valence-corrected chi connectivity index (χ1v) is 8.90. The van der Waals surface area contributed by atoms with Gasteiger partial charge in [-0.15, -0.1) is 11.3 Å². The van der Waals surface area contributed by atoms with Crippen molar-refractivity contribution in [2.45, 2.75) is 13.0 Å². The van der Waals surface area contributed by atoms with Crippen LogP contribution in [0.15, 0.2) is 54.6 Å². The molecule has 0 bridgehead atoms. The zero-order chi connectivity index (χ0) is 17.2. The molecule has 1 aliphatic rings. The minimum Gasteiger partial charge on any atom is -0.488 e. The molecule has 2 aromatic carbocycles. The van der Waals surface area contributed by atoms with E-state index >= 15 is 0 Å². The van der Waals surface area contributed by atoms with Gasteiger partial charge >= 0.3 is 0 Å². The van der Waals surface area contributed by atoms with Crippen molar-refractivity contribution in [2.24, 2.45) is 0 Å². The van der Waals surface area contributed by atoms with Gasteiger partial charge < -0.3 is 10.1 Å². The molecule has 0 radical (unpaired) electrons. The predicted octanol–water partition coefficient (Wildman–Crippen LogP) is 4.42. The zero-order valence-electron chi connectivity index (χ0n) is 13.4. The van der Waals surface area contributed by atoms with Crippen molar-refractivity contribution < 1.29 is 13.9 Å². The third-order valence-electron chi connectivity index (χ3n) is 4.16. The number of nitrogens with one attached hydrogen (secondary N) is 1.